The third-order valence-electron chi connectivity index (χ3n) is 2.60. The first-order valence-corrected chi connectivity index (χ1v) is 5.41. The Morgan fingerprint density at radius 2 is 2.31 bits per heavy atom. The highest BCUT2D eigenvalue weighted by molar-refractivity contribution is 5.73. The van der Waals surface area contributed by atoms with E-state index in [1.807, 2.05) is 19.3 Å². The van der Waals surface area contributed by atoms with Crippen molar-refractivity contribution in [3.05, 3.63) is 24.2 Å². The molecule has 0 radical (unpaired) electrons. The summed E-state index contributed by atoms with van der Waals surface area (Å²) in [6, 6.07) is 2.04. The van der Waals surface area contributed by atoms with Gasteiger partial charge in [0, 0.05) is 25.8 Å². The van der Waals surface area contributed by atoms with E-state index in [2.05, 4.69) is 32.2 Å². The van der Waals surface area contributed by atoms with Crippen LogP contribution < -0.4 is 5.32 Å². The van der Waals surface area contributed by atoms with E-state index in [1.54, 1.807) is 6.33 Å². The van der Waals surface area contributed by atoms with Crippen molar-refractivity contribution in [2.75, 3.05) is 27.2 Å². The Morgan fingerprint density at radius 3 is 3.12 bits per heavy atom. The quantitative estimate of drug-likeness (QED) is 0.773. The lowest BCUT2D eigenvalue weighted by Crippen LogP contribution is -2.27. The number of H-pyrrole nitrogens is 1. The molecule has 2 aromatic rings. The summed E-state index contributed by atoms with van der Waals surface area (Å²) in [4.78, 5) is 13.8. The van der Waals surface area contributed by atoms with Gasteiger partial charge in [0.1, 0.15) is 0 Å². The normalized spacial score (nSPS) is 11.4. The minimum absolute atomic E-state index is 0.791. The third kappa shape index (κ3) is 2.37. The predicted molar refractivity (Wildman–Crippen MR) is 64.1 cm³/mol. The molecule has 2 aromatic heterocycles. The lowest BCUT2D eigenvalue weighted by Gasteiger charge is -2.16. The van der Waals surface area contributed by atoms with Gasteiger partial charge in [0.2, 0.25) is 0 Å². The number of hydrogen-bond donors (Lipinski definition) is 2. The van der Waals surface area contributed by atoms with Crippen molar-refractivity contribution in [2.45, 2.75) is 6.54 Å². The van der Waals surface area contributed by atoms with Crippen molar-refractivity contribution < 1.29 is 0 Å². The second-order valence-corrected chi connectivity index (χ2v) is 3.91. The van der Waals surface area contributed by atoms with Crippen LogP contribution in [0.4, 0.5) is 0 Å². The van der Waals surface area contributed by atoms with Crippen LogP contribution in [0.3, 0.4) is 0 Å². The predicted octanol–water partition coefficient (Wildman–Crippen LogP) is 0.609. The first-order valence-electron chi connectivity index (χ1n) is 5.41. The van der Waals surface area contributed by atoms with Gasteiger partial charge in [0.25, 0.3) is 0 Å². The lowest BCUT2D eigenvalue weighted by atomic mass is 10.2. The maximum Gasteiger partial charge on any atom is 0.177 e. The molecule has 2 N–H and O–H groups in total. The summed E-state index contributed by atoms with van der Waals surface area (Å²) in [5, 5.41) is 3.14. The molecule has 0 saturated heterocycles. The number of rotatable bonds is 5. The van der Waals surface area contributed by atoms with E-state index < -0.39 is 0 Å². The second kappa shape index (κ2) is 5.05. The molecule has 0 aromatic carbocycles. The average molecular weight is 219 g/mol. The SMILES string of the molecule is CNCCN(C)Cc1ccnc2nc[nH]c12. The molecule has 2 heterocycles. The Labute approximate surface area is 94.9 Å². The van der Waals surface area contributed by atoms with Gasteiger partial charge >= 0.3 is 0 Å². The minimum Gasteiger partial charge on any atom is -0.343 e. The minimum atomic E-state index is 0.791. The highest BCUT2D eigenvalue weighted by atomic mass is 15.1. The maximum atomic E-state index is 4.20. The number of aromatic nitrogens is 3. The van der Waals surface area contributed by atoms with Gasteiger partial charge in [-0.2, -0.15) is 0 Å². The fourth-order valence-corrected chi connectivity index (χ4v) is 1.71. The summed E-state index contributed by atoms with van der Waals surface area (Å²) in [5.41, 5.74) is 3.07. The molecule has 0 atom stereocenters. The van der Waals surface area contributed by atoms with Crippen molar-refractivity contribution in [1.29, 1.82) is 0 Å². The summed E-state index contributed by atoms with van der Waals surface area (Å²) < 4.78 is 0. The summed E-state index contributed by atoms with van der Waals surface area (Å²) >= 11 is 0. The molecule has 0 aliphatic heterocycles. The summed E-state index contributed by atoms with van der Waals surface area (Å²) in [5.74, 6) is 0. The number of nitrogens with one attached hydrogen (secondary N) is 2. The van der Waals surface area contributed by atoms with Crippen molar-refractivity contribution in [3.8, 4) is 0 Å². The van der Waals surface area contributed by atoms with Crippen LogP contribution in [0.1, 0.15) is 5.56 Å². The molecule has 0 amide bonds. The van der Waals surface area contributed by atoms with Crippen LogP contribution in [0.15, 0.2) is 18.6 Å². The van der Waals surface area contributed by atoms with Crippen molar-refractivity contribution in [1.82, 2.24) is 25.2 Å². The Bertz CT molecular complexity index is 450. The molecule has 86 valence electrons. The van der Waals surface area contributed by atoms with Crippen LogP contribution in [0, 0.1) is 0 Å². The molecule has 0 spiro atoms. The van der Waals surface area contributed by atoms with Crippen molar-refractivity contribution >= 4 is 11.2 Å². The topological polar surface area (TPSA) is 56.8 Å². The molecule has 0 saturated carbocycles. The van der Waals surface area contributed by atoms with Crippen LogP contribution >= 0.6 is 0 Å². The van der Waals surface area contributed by atoms with E-state index in [4.69, 9.17) is 0 Å². The number of aromatic amines is 1. The monoisotopic (exact) mass is 219 g/mol. The van der Waals surface area contributed by atoms with Crippen molar-refractivity contribution in [3.63, 3.8) is 0 Å². The number of pyridine rings is 1. The molecule has 0 bridgehead atoms. The van der Waals surface area contributed by atoms with Gasteiger partial charge in [0.15, 0.2) is 5.65 Å². The standard InChI is InChI=1S/C11H17N5/c1-12-5-6-16(2)7-9-3-4-13-11-10(9)14-8-15-11/h3-4,8,12H,5-7H2,1-2H3,(H,13,14,15). The molecule has 5 nitrogen and oxygen atoms in total. The average Bonchev–Trinajstić information content (AvgIpc) is 2.75. The molecule has 5 heteroatoms. The van der Waals surface area contributed by atoms with Gasteiger partial charge in [-0.15, -0.1) is 0 Å². The second-order valence-electron chi connectivity index (χ2n) is 3.91. The van der Waals surface area contributed by atoms with E-state index in [0.717, 1.165) is 30.8 Å². The Hall–Kier alpha value is -1.46. The van der Waals surface area contributed by atoms with E-state index in [1.165, 1.54) is 5.56 Å². The highest BCUT2D eigenvalue weighted by Crippen LogP contribution is 2.13. The summed E-state index contributed by atoms with van der Waals surface area (Å²) in [6.07, 6.45) is 3.50. The highest BCUT2D eigenvalue weighted by Gasteiger charge is 2.06. The van der Waals surface area contributed by atoms with E-state index in [-0.39, 0.29) is 0 Å². The molecule has 0 fully saturated rings. The number of likely N-dealkylation sites (N-methyl/N-ethyl adjacent to an activating group) is 2. The zero-order valence-electron chi connectivity index (χ0n) is 9.70. The van der Waals surface area contributed by atoms with Gasteiger partial charge < -0.3 is 15.2 Å². The van der Waals surface area contributed by atoms with Gasteiger partial charge in [-0.3, -0.25) is 0 Å². The maximum absolute atomic E-state index is 4.20. The van der Waals surface area contributed by atoms with E-state index >= 15 is 0 Å². The molecular formula is C11H17N5. The van der Waals surface area contributed by atoms with Gasteiger partial charge in [-0.05, 0) is 25.7 Å². The van der Waals surface area contributed by atoms with E-state index in [9.17, 15) is 0 Å². The Morgan fingerprint density at radius 1 is 1.44 bits per heavy atom. The summed E-state index contributed by atoms with van der Waals surface area (Å²) in [6.45, 7) is 2.92. The molecule has 0 unspecified atom stereocenters. The fourth-order valence-electron chi connectivity index (χ4n) is 1.71. The largest absolute Gasteiger partial charge is 0.343 e. The fraction of sp³-hybridized carbons (Fsp3) is 0.455. The zero-order valence-corrected chi connectivity index (χ0v) is 9.70. The van der Waals surface area contributed by atoms with Crippen molar-refractivity contribution in [2.24, 2.45) is 0 Å². The summed E-state index contributed by atoms with van der Waals surface area (Å²) in [7, 11) is 4.08. The molecule has 2 rings (SSSR count). The molecule has 0 aliphatic rings. The number of imidazole rings is 1. The van der Waals surface area contributed by atoms with Gasteiger partial charge in [0.05, 0.1) is 11.8 Å². The van der Waals surface area contributed by atoms with Crippen LogP contribution in [-0.2, 0) is 6.54 Å². The van der Waals surface area contributed by atoms with Gasteiger partial charge in [-0.25, -0.2) is 9.97 Å². The number of nitrogens with zero attached hydrogens (tertiary/aromatic N) is 3. The smallest absolute Gasteiger partial charge is 0.177 e. The first kappa shape index (κ1) is 11.0. The molecular weight excluding hydrogens is 202 g/mol. The first-order chi connectivity index (χ1) is 7.81. The Balaban J connectivity index is 2.11. The molecule has 0 aliphatic carbocycles. The number of fused-ring (bicyclic) bond motifs is 1. The number of hydrogen-bond acceptors (Lipinski definition) is 4. The zero-order chi connectivity index (χ0) is 11.4. The van der Waals surface area contributed by atoms with Crippen LogP contribution in [0.2, 0.25) is 0 Å². The van der Waals surface area contributed by atoms with Crippen LogP contribution in [0.25, 0.3) is 11.2 Å². The lowest BCUT2D eigenvalue weighted by molar-refractivity contribution is 0.329. The van der Waals surface area contributed by atoms with Crippen LogP contribution in [-0.4, -0.2) is 47.0 Å². The van der Waals surface area contributed by atoms with Gasteiger partial charge in [-0.1, -0.05) is 0 Å². The van der Waals surface area contributed by atoms with Crippen LogP contribution in [0.5, 0.6) is 0 Å². The van der Waals surface area contributed by atoms with E-state index in [0.29, 0.717) is 0 Å². The third-order valence-corrected chi connectivity index (χ3v) is 2.60. The Kier molecular flexibility index (Phi) is 3.48. The molecule has 16 heavy (non-hydrogen) atoms.